The number of furan rings is 2. The minimum atomic E-state index is 0.863. The van der Waals surface area contributed by atoms with Crippen LogP contribution in [-0.4, -0.2) is 0 Å². The molecule has 4 aromatic rings. The van der Waals surface area contributed by atoms with Gasteiger partial charge in [0, 0.05) is 21.2 Å². The molecule has 0 amide bonds. The molecule has 0 N–H and O–H groups in total. The predicted molar refractivity (Wildman–Crippen MR) is 102 cm³/mol. The molecule has 122 valence electrons. The van der Waals surface area contributed by atoms with Gasteiger partial charge in [0.05, 0.1) is 11.8 Å². The Bertz CT molecular complexity index is 1040. The van der Waals surface area contributed by atoms with E-state index >= 15 is 0 Å². The van der Waals surface area contributed by atoms with Crippen LogP contribution in [0.5, 0.6) is 0 Å². The van der Waals surface area contributed by atoms with Gasteiger partial charge in [-0.15, -0.1) is 0 Å². The zero-order valence-electron chi connectivity index (χ0n) is 13.5. The Morgan fingerprint density at radius 3 is 2.44 bits per heavy atom. The minimum Gasteiger partial charge on any atom is -0.464 e. The van der Waals surface area contributed by atoms with Crippen molar-refractivity contribution in [3.05, 3.63) is 82.5 Å². The first-order valence-electron chi connectivity index (χ1n) is 8.35. The van der Waals surface area contributed by atoms with Gasteiger partial charge in [-0.1, -0.05) is 52.3 Å². The SMILES string of the molecule is Brc1ccc(-c2oc3c(c2-c2ccco2)CCc2ccccc2-3)cc1. The van der Waals surface area contributed by atoms with Crippen molar-refractivity contribution in [1.82, 2.24) is 0 Å². The Hall–Kier alpha value is -2.52. The van der Waals surface area contributed by atoms with Crippen molar-refractivity contribution in [3.63, 3.8) is 0 Å². The molecule has 25 heavy (non-hydrogen) atoms. The van der Waals surface area contributed by atoms with Crippen molar-refractivity contribution in [2.75, 3.05) is 0 Å². The van der Waals surface area contributed by atoms with E-state index in [2.05, 4.69) is 52.3 Å². The fraction of sp³-hybridized carbons (Fsp3) is 0.0909. The van der Waals surface area contributed by atoms with Crippen molar-refractivity contribution in [2.45, 2.75) is 12.8 Å². The monoisotopic (exact) mass is 390 g/mol. The van der Waals surface area contributed by atoms with Gasteiger partial charge in [0.2, 0.25) is 0 Å². The van der Waals surface area contributed by atoms with Gasteiger partial charge < -0.3 is 8.83 Å². The summed E-state index contributed by atoms with van der Waals surface area (Å²) in [4.78, 5) is 0. The van der Waals surface area contributed by atoms with Crippen LogP contribution in [0.25, 0.3) is 34.0 Å². The molecular formula is C22H15BrO2. The van der Waals surface area contributed by atoms with Crippen molar-refractivity contribution in [2.24, 2.45) is 0 Å². The van der Waals surface area contributed by atoms with Crippen LogP contribution in [0, 0.1) is 0 Å². The van der Waals surface area contributed by atoms with Crippen LogP contribution < -0.4 is 0 Å². The molecule has 0 unspecified atom stereocenters. The largest absolute Gasteiger partial charge is 0.464 e. The number of hydrogen-bond donors (Lipinski definition) is 0. The summed E-state index contributed by atoms with van der Waals surface area (Å²) in [6, 6.07) is 20.7. The minimum absolute atomic E-state index is 0.863. The zero-order chi connectivity index (χ0) is 16.8. The molecule has 1 aliphatic carbocycles. The van der Waals surface area contributed by atoms with Crippen LogP contribution >= 0.6 is 15.9 Å². The van der Waals surface area contributed by atoms with E-state index in [0.717, 1.165) is 45.7 Å². The van der Waals surface area contributed by atoms with E-state index < -0.39 is 0 Å². The molecule has 2 heterocycles. The number of benzene rings is 2. The number of rotatable bonds is 2. The highest BCUT2D eigenvalue weighted by Crippen LogP contribution is 2.46. The Balaban J connectivity index is 1.80. The normalized spacial score (nSPS) is 12.7. The molecule has 0 spiro atoms. The molecule has 0 aliphatic heterocycles. The van der Waals surface area contributed by atoms with Crippen LogP contribution in [0.4, 0.5) is 0 Å². The Kier molecular flexibility index (Phi) is 3.42. The second-order valence-corrected chi connectivity index (χ2v) is 7.17. The van der Waals surface area contributed by atoms with Gasteiger partial charge in [0.25, 0.3) is 0 Å². The summed E-state index contributed by atoms with van der Waals surface area (Å²) in [6.45, 7) is 0. The fourth-order valence-electron chi connectivity index (χ4n) is 3.63. The lowest BCUT2D eigenvalue weighted by atomic mass is 9.88. The van der Waals surface area contributed by atoms with Gasteiger partial charge in [-0.05, 0) is 42.7 Å². The highest BCUT2D eigenvalue weighted by molar-refractivity contribution is 9.10. The second-order valence-electron chi connectivity index (χ2n) is 6.26. The maximum Gasteiger partial charge on any atom is 0.146 e. The molecule has 2 aromatic carbocycles. The molecule has 3 heteroatoms. The van der Waals surface area contributed by atoms with Crippen LogP contribution in [0.15, 0.2) is 80.2 Å². The molecule has 0 atom stereocenters. The van der Waals surface area contributed by atoms with Gasteiger partial charge in [-0.25, -0.2) is 0 Å². The summed E-state index contributed by atoms with van der Waals surface area (Å²) >= 11 is 3.50. The molecule has 0 radical (unpaired) electrons. The average molecular weight is 391 g/mol. The van der Waals surface area contributed by atoms with E-state index in [0.29, 0.717) is 0 Å². The smallest absolute Gasteiger partial charge is 0.146 e. The van der Waals surface area contributed by atoms with Crippen molar-refractivity contribution < 1.29 is 8.83 Å². The first-order valence-corrected chi connectivity index (χ1v) is 9.14. The second kappa shape index (κ2) is 5.78. The summed E-state index contributed by atoms with van der Waals surface area (Å²) in [6.07, 6.45) is 3.70. The number of hydrogen-bond acceptors (Lipinski definition) is 2. The topological polar surface area (TPSA) is 26.3 Å². The van der Waals surface area contributed by atoms with Crippen LogP contribution in [0.1, 0.15) is 11.1 Å². The van der Waals surface area contributed by atoms with Crippen LogP contribution in [-0.2, 0) is 12.8 Å². The van der Waals surface area contributed by atoms with E-state index in [-0.39, 0.29) is 0 Å². The Labute approximate surface area is 154 Å². The van der Waals surface area contributed by atoms with Crippen LogP contribution in [0.2, 0.25) is 0 Å². The van der Waals surface area contributed by atoms with Gasteiger partial charge in [-0.2, -0.15) is 0 Å². The molecule has 2 nitrogen and oxygen atoms in total. The third-order valence-electron chi connectivity index (χ3n) is 4.79. The number of fused-ring (bicyclic) bond motifs is 3. The zero-order valence-corrected chi connectivity index (χ0v) is 15.0. The van der Waals surface area contributed by atoms with E-state index in [4.69, 9.17) is 8.83 Å². The Morgan fingerprint density at radius 2 is 1.64 bits per heavy atom. The number of halogens is 1. The van der Waals surface area contributed by atoms with Crippen molar-refractivity contribution >= 4 is 15.9 Å². The number of aryl methyl sites for hydroxylation is 1. The lowest BCUT2D eigenvalue weighted by Gasteiger charge is -2.15. The molecule has 5 rings (SSSR count). The van der Waals surface area contributed by atoms with Crippen molar-refractivity contribution in [1.29, 1.82) is 0 Å². The first-order chi connectivity index (χ1) is 12.3. The molecule has 0 saturated carbocycles. The van der Waals surface area contributed by atoms with Gasteiger partial charge in [0.15, 0.2) is 0 Å². The highest BCUT2D eigenvalue weighted by Gasteiger charge is 2.28. The highest BCUT2D eigenvalue weighted by atomic mass is 79.9. The predicted octanol–water partition coefficient (Wildman–Crippen LogP) is 6.73. The molecule has 0 saturated heterocycles. The molecule has 0 fully saturated rings. The summed E-state index contributed by atoms with van der Waals surface area (Å²) < 4.78 is 13.2. The third-order valence-corrected chi connectivity index (χ3v) is 5.32. The fourth-order valence-corrected chi connectivity index (χ4v) is 3.89. The summed E-state index contributed by atoms with van der Waals surface area (Å²) in [5.41, 5.74) is 5.92. The summed E-state index contributed by atoms with van der Waals surface area (Å²) in [7, 11) is 0. The summed E-state index contributed by atoms with van der Waals surface area (Å²) in [5, 5.41) is 0. The average Bonchev–Trinajstić information content (AvgIpc) is 3.29. The van der Waals surface area contributed by atoms with Gasteiger partial charge >= 0.3 is 0 Å². The quantitative estimate of drug-likeness (QED) is 0.379. The molecule has 0 bridgehead atoms. The van der Waals surface area contributed by atoms with E-state index in [9.17, 15) is 0 Å². The summed E-state index contributed by atoms with van der Waals surface area (Å²) in [5.74, 6) is 2.72. The first kappa shape index (κ1) is 14.8. The van der Waals surface area contributed by atoms with E-state index in [1.165, 1.54) is 16.7 Å². The Morgan fingerprint density at radius 1 is 0.800 bits per heavy atom. The lowest BCUT2D eigenvalue weighted by molar-refractivity contribution is 0.575. The van der Waals surface area contributed by atoms with Crippen LogP contribution in [0.3, 0.4) is 0 Å². The standard InChI is InChI=1S/C22H15BrO2/c23-16-10-7-15(8-11-16)21-20(19-6-3-13-24-19)18-12-9-14-4-1-2-5-17(14)22(18)25-21/h1-8,10-11,13H,9,12H2. The lowest BCUT2D eigenvalue weighted by Crippen LogP contribution is -2.02. The van der Waals surface area contributed by atoms with Gasteiger partial charge in [-0.3, -0.25) is 0 Å². The maximum atomic E-state index is 6.44. The third kappa shape index (κ3) is 2.38. The van der Waals surface area contributed by atoms with E-state index in [1.807, 2.05) is 24.3 Å². The maximum absolute atomic E-state index is 6.44. The molecule has 1 aliphatic rings. The van der Waals surface area contributed by atoms with Gasteiger partial charge in [0.1, 0.15) is 17.3 Å². The molecular weight excluding hydrogens is 376 g/mol. The molecule has 2 aromatic heterocycles. The van der Waals surface area contributed by atoms with Crippen molar-refractivity contribution in [3.8, 4) is 34.0 Å². The van der Waals surface area contributed by atoms with E-state index in [1.54, 1.807) is 6.26 Å².